The summed E-state index contributed by atoms with van der Waals surface area (Å²) in [5.74, 6) is -5.04. The van der Waals surface area contributed by atoms with Crippen molar-refractivity contribution in [2.75, 3.05) is 60.8 Å². The molecular formula is C57H89N3O16S. The molecule has 6 rings (SSSR count). The van der Waals surface area contributed by atoms with Crippen LogP contribution in [0.25, 0.3) is 10.9 Å². The monoisotopic (exact) mass is 1100 g/mol. The van der Waals surface area contributed by atoms with Crippen LogP contribution in [0.15, 0.2) is 40.4 Å². The molecule has 5 heterocycles. The summed E-state index contributed by atoms with van der Waals surface area (Å²) in [7, 11) is 8.81. The van der Waals surface area contributed by atoms with Crippen molar-refractivity contribution in [2.24, 2.45) is 23.7 Å². The number of hydrogen-bond acceptors (Lipinski definition) is 18. The van der Waals surface area contributed by atoms with Gasteiger partial charge in [-0.1, -0.05) is 34.3 Å². The lowest BCUT2D eigenvalue weighted by Gasteiger charge is -2.49. The maximum absolute atomic E-state index is 14.6. The number of ketones is 1. The van der Waals surface area contributed by atoms with Crippen molar-refractivity contribution in [1.29, 1.82) is 0 Å². The number of nitrogens with zero attached hydrogens (tertiary/aromatic N) is 3. The number of methoxy groups -OCH3 is 2. The molecule has 2 aromatic rings. The van der Waals surface area contributed by atoms with Gasteiger partial charge < -0.3 is 72.7 Å². The van der Waals surface area contributed by atoms with Crippen molar-refractivity contribution in [3.63, 3.8) is 0 Å². The molecule has 434 valence electrons. The molecule has 20 heteroatoms. The highest BCUT2D eigenvalue weighted by Crippen LogP contribution is 2.43. The Bertz CT molecular complexity index is 2470. The molecule has 0 spiro atoms. The first-order valence-corrected chi connectivity index (χ1v) is 28.3. The fraction of sp³-hybridized carbons (Fsp3) is 0.754. The molecule has 0 aliphatic carbocycles. The largest absolute Gasteiger partial charge is 0.477 e. The smallest absolute Gasteiger partial charge is 0.341 e. The third-order valence-electron chi connectivity index (χ3n) is 17.2. The number of carbonyl (C=O) groups is 3. The minimum absolute atomic E-state index is 0.0746. The zero-order chi connectivity index (χ0) is 57.2. The number of carboxylic acid groups (broad SMARTS) is 1. The minimum Gasteiger partial charge on any atom is -0.477 e. The molecule has 1 aromatic heterocycles. The summed E-state index contributed by atoms with van der Waals surface area (Å²) in [6, 6.07) is 3.68. The molecule has 18 atom stereocenters. The van der Waals surface area contributed by atoms with E-state index in [9.17, 15) is 39.6 Å². The van der Waals surface area contributed by atoms with Gasteiger partial charge in [0, 0.05) is 85.8 Å². The number of pyridine rings is 1. The van der Waals surface area contributed by atoms with Gasteiger partial charge in [-0.25, -0.2) is 4.79 Å². The van der Waals surface area contributed by atoms with E-state index >= 15 is 0 Å². The van der Waals surface area contributed by atoms with Gasteiger partial charge in [0.2, 0.25) is 11.7 Å². The molecule has 0 saturated carbocycles. The molecule has 4 aliphatic heterocycles. The number of aliphatic hydroxyl groups is 3. The molecule has 19 nitrogen and oxygen atoms in total. The second-order valence-corrected chi connectivity index (χ2v) is 24.5. The number of aryl methyl sites for hydroxylation is 1. The van der Waals surface area contributed by atoms with E-state index in [0.29, 0.717) is 30.6 Å². The summed E-state index contributed by atoms with van der Waals surface area (Å²) in [6.07, 6.45) is -5.29. The predicted octanol–water partition coefficient (Wildman–Crippen LogP) is 5.83. The topological polar surface area (TPSA) is 234 Å². The first kappa shape index (κ1) is 62.7. The summed E-state index contributed by atoms with van der Waals surface area (Å²) in [5, 5.41) is 45.5. The number of aliphatic hydroxyl groups excluding tert-OH is 2. The van der Waals surface area contributed by atoms with Crippen LogP contribution in [-0.2, 0) is 53.9 Å². The highest BCUT2D eigenvalue weighted by molar-refractivity contribution is 7.99. The van der Waals surface area contributed by atoms with Gasteiger partial charge in [0.25, 0.3) is 0 Å². The number of carboxylic acids is 1. The average molecular weight is 1100 g/mol. The lowest BCUT2D eigenvalue weighted by atomic mass is 9.74. The number of aromatic nitrogens is 1. The van der Waals surface area contributed by atoms with E-state index in [2.05, 4.69) is 17.5 Å². The number of likely N-dealkylation sites (N-methyl/N-ethyl adjacent to an activating group) is 2. The molecule has 77 heavy (non-hydrogen) atoms. The van der Waals surface area contributed by atoms with Crippen LogP contribution in [0.1, 0.15) is 123 Å². The van der Waals surface area contributed by atoms with Crippen LogP contribution < -0.4 is 5.43 Å². The normalized spacial score (nSPS) is 37.7. The summed E-state index contributed by atoms with van der Waals surface area (Å²) in [4.78, 5) is 59.1. The van der Waals surface area contributed by atoms with E-state index in [4.69, 9.17) is 37.9 Å². The Balaban J connectivity index is 1.21. The van der Waals surface area contributed by atoms with E-state index in [1.165, 1.54) is 20.2 Å². The Morgan fingerprint density at radius 3 is 2.23 bits per heavy atom. The van der Waals surface area contributed by atoms with E-state index in [1.807, 2.05) is 64.4 Å². The van der Waals surface area contributed by atoms with Crippen molar-refractivity contribution in [2.45, 2.75) is 197 Å². The molecular weight excluding hydrogens is 1010 g/mol. The van der Waals surface area contributed by atoms with Crippen molar-refractivity contribution >= 4 is 40.4 Å². The third kappa shape index (κ3) is 13.5. The first-order valence-electron chi connectivity index (χ1n) is 27.3. The molecule has 1 aromatic carbocycles. The predicted molar refractivity (Wildman–Crippen MR) is 291 cm³/mol. The van der Waals surface area contributed by atoms with Crippen molar-refractivity contribution in [3.05, 3.63) is 52.0 Å². The fourth-order valence-corrected chi connectivity index (χ4v) is 13.2. The van der Waals surface area contributed by atoms with Gasteiger partial charge in [-0.3, -0.25) is 14.4 Å². The molecule has 0 bridgehead atoms. The zero-order valence-electron chi connectivity index (χ0n) is 48.1. The molecule has 3 fully saturated rings. The highest BCUT2D eigenvalue weighted by Gasteiger charge is 2.54. The van der Waals surface area contributed by atoms with E-state index in [-0.39, 0.29) is 61.2 Å². The van der Waals surface area contributed by atoms with Crippen molar-refractivity contribution < 1.29 is 72.7 Å². The zero-order valence-corrected chi connectivity index (χ0v) is 48.9. The number of cyclic esters (lactones) is 1. The second-order valence-electron chi connectivity index (χ2n) is 23.3. The number of esters is 1. The summed E-state index contributed by atoms with van der Waals surface area (Å²) in [5.41, 5.74) is -3.22. The molecule has 0 radical (unpaired) electrons. The SMILES string of the molecule is C=C1O[C@@H](O[C@@H]2C(C)C(=O)O[C@H](CC)[C@@](C)(O)[C@H](O)[C@@H](C)C(=O)[C@H](C)C[C@@](C)(OC)[C@H](O[C@@H]3OC(C)CC(N(C)C)[C@H]3O)[C@H]2C)C[C@@](C)(OC)[C@H]1OCCN(C)CCSc1cc2c3c(c1)c(=O)c(C(=O)O)cn3C(C)CC2. The van der Waals surface area contributed by atoms with Crippen LogP contribution in [0.4, 0.5) is 0 Å². The maximum Gasteiger partial charge on any atom is 0.341 e. The van der Waals surface area contributed by atoms with E-state index in [0.717, 1.165) is 28.8 Å². The number of benzene rings is 1. The highest BCUT2D eigenvalue weighted by atomic mass is 32.2. The first-order chi connectivity index (χ1) is 36.0. The Hall–Kier alpha value is -3.51. The number of carbonyl (C=O) groups excluding carboxylic acids is 2. The Morgan fingerprint density at radius 2 is 1.61 bits per heavy atom. The number of hydrogen-bond donors (Lipinski definition) is 4. The van der Waals surface area contributed by atoms with Crippen LogP contribution in [-0.4, -0.2) is 191 Å². The number of aromatic carboxylic acids is 1. The van der Waals surface area contributed by atoms with E-state index < -0.39 is 107 Å². The number of rotatable bonds is 17. The number of Topliss-reactive ketones (excluding diaryl/α,β-unsaturated/α-hetero) is 1. The third-order valence-corrected chi connectivity index (χ3v) is 18.1. The van der Waals surface area contributed by atoms with Crippen LogP contribution in [0.3, 0.4) is 0 Å². The van der Waals surface area contributed by atoms with E-state index in [1.54, 1.807) is 53.5 Å². The molecule has 4 unspecified atom stereocenters. The minimum atomic E-state index is -2.01. The summed E-state index contributed by atoms with van der Waals surface area (Å²) < 4.78 is 53.8. The maximum atomic E-state index is 14.6. The Labute approximate surface area is 459 Å². The Kier molecular flexibility index (Phi) is 20.8. The average Bonchev–Trinajstić information content (AvgIpc) is 3.38. The van der Waals surface area contributed by atoms with Crippen LogP contribution in [0.5, 0.6) is 0 Å². The van der Waals surface area contributed by atoms with Crippen molar-refractivity contribution in [3.8, 4) is 0 Å². The lowest BCUT2D eigenvalue weighted by Crippen LogP contribution is -2.61. The quantitative estimate of drug-likeness (QED) is 0.108. The lowest BCUT2D eigenvalue weighted by molar-refractivity contribution is -0.309. The van der Waals surface area contributed by atoms with Gasteiger partial charge in [0.1, 0.15) is 46.6 Å². The molecule has 4 aliphatic rings. The summed E-state index contributed by atoms with van der Waals surface area (Å²) >= 11 is 1.60. The summed E-state index contributed by atoms with van der Waals surface area (Å²) in [6.45, 7) is 23.3. The van der Waals surface area contributed by atoms with Crippen LogP contribution in [0, 0.1) is 23.7 Å². The van der Waals surface area contributed by atoms with Gasteiger partial charge >= 0.3 is 11.9 Å². The number of ether oxygens (including phenoxy) is 8. The van der Waals surface area contributed by atoms with Gasteiger partial charge in [0.15, 0.2) is 6.29 Å². The second kappa shape index (κ2) is 25.5. The van der Waals surface area contributed by atoms with Gasteiger partial charge in [-0.05, 0) is 112 Å². The standard InChI is InChI=1S/C57H89N3O16S/c1-17-42-57(11,68)49(64)33(5)45(61)30(2)27-55(9,69-15)50(76-54-47(63)41(58(12)13)24-32(4)72-54)34(6)48(35(7)53(67)74-42)75-43-28-56(10,70-16)51(36(8)73-43)71-22-20-59(14)21-23-77-38-25-37-19-18-31(3)60-29-40(52(65)66)46(62)39(26-38)44(37)60/h25-26,29-35,41-43,47-51,54,63-64,68H,8,17-24,27-28H2,1-7,9-16H3,(H,65,66)/t30-,31?,32?,33+,34+,35?,41?,42-,43+,47-,48+,49-,50-,51+,54+,55-,56-,57-/m1/s1. The van der Waals surface area contributed by atoms with Gasteiger partial charge in [-0.2, -0.15) is 0 Å². The van der Waals surface area contributed by atoms with Crippen LogP contribution in [0.2, 0.25) is 0 Å². The van der Waals surface area contributed by atoms with Gasteiger partial charge in [0.05, 0.1) is 48.1 Å². The molecule has 0 amide bonds. The van der Waals surface area contributed by atoms with Crippen LogP contribution >= 0.6 is 11.8 Å². The Morgan fingerprint density at radius 1 is 0.935 bits per heavy atom. The molecule has 3 saturated heterocycles. The number of thioether (sulfide) groups is 1. The molecule has 4 N–H and O–H groups in total. The fourth-order valence-electron chi connectivity index (χ4n) is 12.2. The van der Waals surface area contributed by atoms with Gasteiger partial charge in [-0.15, -0.1) is 11.8 Å². The van der Waals surface area contributed by atoms with Crippen molar-refractivity contribution in [1.82, 2.24) is 14.4 Å².